The Morgan fingerprint density at radius 3 is 2.69 bits per heavy atom. The lowest BCUT2D eigenvalue weighted by Gasteiger charge is -2.08. The summed E-state index contributed by atoms with van der Waals surface area (Å²) in [5.74, 6) is 0.692. The molecule has 0 unspecified atom stereocenters. The molecule has 3 rings (SSSR count). The number of carbonyl (C=O) groups is 1. The van der Waals surface area contributed by atoms with Gasteiger partial charge in [-0.3, -0.25) is 4.79 Å². The highest BCUT2D eigenvalue weighted by Gasteiger charge is 2.12. The maximum atomic E-state index is 12.5. The number of thiophene rings is 1. The zero-order chi connectivity index (χ0) is 18.7. The van der Waals surface area contributed by atoms with Crippen molar-refractivity contribution in [1.29, 1.82) is 0 Å². The van der Waals surface area contributed by atoms with E-state index in [9.17, 15) is 4.79 Å². The second kappa shape index (κ2) is 7.94. The molecule has 5 heteroatoms. The van der Waals surface area contributed by atoms with E-state index in [4.69, 9.17) is 16.3 Å². The lowest BCUT2D eigenvalue weighted by atomic mass is 10.1. The number of ether oxygens (including phenoxy) is 1. The van der Waals surface area contributed by atoms with Crippen LogP contribution in [0.5, 0.6) is 5.75 Å². The second-order valence-electron chi connectivity index (χ2n) is 6.22. The monoisotopic (exact) mass is 385 g/mol. The van der Waals surface area contributed by atoms with Gasteiger partial charge < -0.3 is 10.1 Å². The first-order valence-electron chi connectivity index (χ1n) is 8.28. The molecule has 0 bridgehead atoms. The van der Waals surface area contributed by atoms with Gasteiger partial charge in [0.25, 0.3) is 5.91 Å². The fourth-order valence-corrected chi connectivity index (χ4v) is 3.43. The Morgan fingerprint density at radius 2 is 1.92 bits per heavy atom. The van der Waals surface area contributed by atoms with Gasteiger partial charge in [0, 0.05) is 16.3 Å². The molecule has 0 radical (unpaired) electrons. The van der Waals surface area contributed by atoms with Crippen molar-refractivity contribution in [1.82, 2.24) is 0 Å². The van der Waals surface area contributed by atoms with Gasteiger partial charge >= 0.3 is 0 Å². The van der Waals surface area contributed by atoms with E-state index in [-0.39, 0.29) is 5.91 Å². The third kappa shape index (κ3) is 4.26. The third-order valence-electron chi connectivity index (χ3n) is 4.28. The predicted molar refractivity (Wildman–Crippen MR) is 109 cm³/mol. The van der Waals surface area contributed by atoms with Crippen molar-refractivity contribution in [2.75, 3.05) is 5.32 Å². The number of nitrogens with one attached hydrogen (secondary N) is 1. The van der Waals surface area contributed by atoms with Crippen molar-refractivity contribution in [3.05, 3.63) is 80.0 Å². The molecule has 2 aromatic carbocycles. The minimum absolute atomic E-state index is 0.141. The highest BCUT2D eigenvalue weighted by Crippen LogP contribution is 2.25. The first-order valence-corrected chi connectivity index (χ1v) is 9.53. The van der Waals surface area contributed by atoms with Crippen LogP contribution in [0.3, 0.4) is 0 Å². The fraction of sp³-hybridized carbons (Fsp3) is 0.190. The molecule has 134 valence electrons. The number of halogens is 1. The van der Waals surface area contributed by atoms with E-state index in [1.165, 1.54) is 22.5 Å². The van der Waals surface area contributed by atoms with Gasteiger partial charge in [0.2, 0.25) is 0 Å². The molecule has 0 aliphatic heterocycles. The second-order valence-corrected chi connectivity index (χ2v) is 7.54. The standard InChI is InChI=1S/C21H20ClNO2S/c1-13-7-8-17(9-14(13)2)25-11-16-10-20(26-12-16)21(24)23-19-6-4-5-18(22)15(19)3/h4-10,12H,11H2,1-3H3,(H,23,24). The van der Waals surface area contributed by atoms with E-state index in [2.05, 4.69) is 19.2 Å². The molecule has 1 aromatic heterocycles. The quantitative estimate of drug-likeness (QED) is 0.571. The molecule has 3 aromatic rings. The summed E-state index contributed by atoms with van der Waals surface area (Å²) in [6.45, 7) is 6.45. The maximum Gasteiger partial charge on any atom is 0.265 e. The van der Waals surface area contributed by atoms with Crippen LogP contribution in [-0.2, 0) is 6.61 Å². The molecule has 0 spiro atoms. The summed E-state index contributed by atoms with van der Waals surface area (Å²) in [6.07, 6.45) is 0. The molecule has 0 saturated heterocycles. The van der Waals surface area contributed by atoms with Crippen molar-refractivity contribution in [2.24, 2.45) is 0 Å². The Kier molecular flexibility index (Phi) is 5.64. The highest BCUT2D eigenvalue weighted by atomic mass is 35.5. The molecule has 1 heterocycles. The predicted octanol–water partition coefficient (Wildman–Crippen LogP) is 6.16. The van der Waals surface area contributed by atoms with E-state index in [0.717, 1.165) is 22.6 Å². The number of benzene rings is 2. The molecule has 1 N–H and O–H groups in total. The number of hydrogen-bond donors (Lipinski definition) is 1. The van der Waals surface area contributed by atoms with Crippen LogP contribution in [0.25, 0.3) is 0 Å². The zero-order valence-electron chi connectivity index (χ0n) is 14.9. The number of carbonyl (C=O) groups excluding carboxylic acids is 1. The Morgan fingerprint density at radius 1 is 1.12 bits per heavy atom. The van der Waals surface area contributed by atoms with Crippen LogP contribution < -0.4 is 10.1 Å². The minimum Gasteiger partial charge on any atom is -0.489 e. The fourth-order valence-electron chi connectivity index (χ4n) is 2.47. The molecule has 26 heavy (non-hydrogen) atoms. The lowest BCUT2D eigenvalue weighted by Crippen LogP contribution is -2.11. The Balaban J connectivity index is 1.64. The van der Waals surface area contributed by atoms with Crippen LogP contribution in [0, 0.1) is 20.8 Å². The lowest BCUT2D eigenvalue weighted by molar-refractivity contribution is 0.103. The summed E-state index contributed by atoms with van der Waals surface area (Å²) < 4.78 is 5.83. The molecular formula is C21H20ClNO2S. The Hall–Kier alpha value is -2.30. The van der Waals surface area contributed by atoms with Crippen molar-refractivity contribution in [3.63, 3.8) is 0 Å². The van der Waals surface area contributed by atoms with Crippen molar-refractivity contribution in [2.45, 2.75) is 27.4 Å². The average Bonchev–Trinajstić information content (AvgIpc) is 3.09. The van der Waals surface area contributed by atoms with E-state index < -0.39 is 0 Å². The van der Waals surface area contributed by atoms with Crippen LogP contribution >= 0.6 is 22.9 Å². The summed E-state index contributed by atoms with van der Waals surface area (Å²) in [7, 11) is 0. The first kappa shape index (κ1) is 18.5. The van der Waals surface area contributed by atoms with Gasteiger partial charge in [-0.1, -0.05) is 23.7 Å². The van der Waals surface area contributed by atoms with E-state index >= 15 is 0 Å². The number of rotatable bonds is 5. The van der Waals surface area contributed by atoms with Crippen molar-refractivity contribution in [3.8, 4) is 5.75 Å². The minimum atomic E-state index is -0.141. The van der Waals surface area contributed by atoms with Crippen LogP contribution in [0.1, 0.15) is 31.9 Å². The van der Waals surface area contributed by atoms with Crippen LogP contribution in [0.4, 0.5) is 5.69 Å². The largest absolute Gasteiger partial charge is 0.489 e. The Labute approximate surface area is 162 Å². The zero-order valence-corrected chi connectivity index (χ0v) is 16.5. The van der Waals surface area contributed by atoms with Gasteiger partial charge in [0.15, 0.2) is 0 Å². The highest BCUT2D eigenvalue weighted by molar-refractivity contribution is 7.12. The molecule has 0 aliphatic carbocycles. The van der Waals surface area contributed by atoms with Crippen molar-refractivity contribution >= 4 is 34.5 Å². The summed E-state index contributed by atoms with van der Waals surface area (Å²) in [5.41, 5.74) is 5.00. The van der Waals surface area contributed by atoms with Crippen molar-refractivity contribution < 1.29 is 9.53 Å². The van der Waals surface area contributed by atoms with E-state index in [1.807, 2.05) is 48.7 Å². The van der Waals surface area contributed by atoms with Crippen LogP contribution in [0.2, 0.25) is 5.02 Å². The summed E-state index contributed by atoms with van der Waals surface area (Å²) in [4.78, 5) is 13.1. The number of hydrogen-bond acceptors (Lipinski definition) is 3. The van der Waals surface area contributed by atoms with Gasteiger partial charge in [0.05, 0.1) is 4.88 Å². The van der Waals surface area contributed by atoms with E-state index in [0.29, 0.717) is 16.5 Å². The third-order valence-corrected chi connectivity index (χ3v) is 5.66. The van der Waals surface area contributed by atoms with Crippen LogP contribution in [0.15, 0.2) is 47.8 Å². The first-order chi connectivity index (χ1) is 12.4. The normalized spacial score (nSPS) is 10.6. The van der Waals surface area contributed by atoms with Crippen LogP contribution in [-0.4, -0.2) is 5.91 Å². The molecule has 0 saturated carbocycles. The number of amides is 1. The molecule has 1 amide bonds. The molecule has 0 aliphatic rings. The van der Waals surface area contributed by atoms with Gasteiger partial charge in [-0.15, -0.1) is 11.3 Å². The molecule has 0 fully saturated rings. The summed E-state index contributed by atoms with van der Waals surface area (Å²) >= 11 is 7.51. The average molecular weight is 386 g/mol. The molecule has 3 nitrogen and oxygen atoms in total. The van der Waals surface area contributed by atoms with Gasteiger partial charge in [0.1, 0.15) is 12.4 Å². The molecule has 0 atom stereocenters. The van der Waals surface area contributed by atoms with Gasteiger partial charge in [-0.25, -0.2) is 0 Å². The van der Waals surface area contributed by atoms with E-state index in [1.54, 1.807) is 6.07 Å². The van der Waals surface area contributed by atoms with Gasteiger partial charge in [-0.05, 0) is 73.2 Å². The smallest absolute Gasteiger partial charge is 0.265 e. The number of anilines is 1. The SMILES string of the molecule is Cc1ccc(OCc2csc(C(=O)Nc3cccc(Cl)c3C)c2)cc1C. The summed E-state index contributed by atoms with van der Waals surface area (Å²) in [5, 5.41) is 5.50. The topological polar surface area (TPSA) is 38.3 Å². The molecular weight excluding hydrogens is 366 g/mol. The number of aryl methyl sites for hydroxylation is 2. The van der Waals surface area contributed by atoms with Gasteiger partial charge in [-0.2, -0.15) is 0 Å². The summed E-state index contributed by atoms with van der Waals surface area (Å²) in [6, 6.07) is 13.4. The maximum absolute atomic E-state index is 12.5. The Bertz CT molecular complexity index is 949.